The number of guanidine groups is 1. The Morgan fingerprint density at radius 1 is 1.24 bits per heavy atom. The van der Waals surface area contributed by atoms with E-state index in [1.165, 1.54) is 6.42 Å². The summed E-state index contributed by atoms with van der Waals surface area (Å²) in [7, 11) is 2.01. The Morgan fingerprint density at radius 3 is 2.57 bits per heavy atom. The van der Waals surface area contributed by atoms with Crippen molar-refractivity contribution in [3.63, 3.8) is 0 Å². The number of anilines is 1. The molecule has 1 saturated carbocycles. The number of carbonyl (C=O) groups is 2. The lowest BCUT2D eigenvalue weighted by molar-refractivity contribution is -0.124. The number of aliphatic imine (C=N–C) groups is 1. The quantitative estimate of drug-likeness (QED) is 0.362. The highest BCUT2D eigenvalue weighted by molar-refractivity contribution is 5.95. The van der Waals surface area contributed by atoms with Gasteiger partial charge in [0.2, 0.25) is 17.6 Å². The maximum Gasteiger partial charge on any atom is 0.373 e. The Balaban J connectivity index is 1.60. The van der Waals surface area contributed by atoms with Crippen molar-refractivity contribution in [3.05, 3.63) is 12.0 Å². The van der Waals surface area contributed by atoms with Gasteiger partial charge in [-0.2, -0.15) is 5.26 Å². The molecule has 0 radical (unpaired) electrons. The van der Waals surface area contributed by atoms with Gasteiger partial charge in [0.05, 0.1) is 25.5 Å². The van der Waals surface area contributed by atoms with Crippen LogP contribution in [0.5, 0.6) is 0 Å². The molecule has 1 unspecified atom stereocenters. The third-order valence-electron chi connectivity index (χ3n) is 7.53. The Kier molecular flexibility index (Phi) is 9.00. The van der Waals surface area contributed by atoms with Crippen LogP contribution in [-0.2, 0) is 9.53 Å². The number of morpholine rings is 1. The molecule has 3 fully saturated rings. The molecular weight excluding hydrogens is 478 g/mol. The van der Waals surface area contributed by atoms with Crippen molar-refractivity contribution in [1.29, 1.82) is 5.26 Å². The highest BCUT2D eigenvalue weighted by Crippen LogP contribution is 2.29. The number of aromatic carboxylic acids is 1. The van der Waals surface area contributed by atoms with Gasteiger partial charge in [-0.25, -0.2) is 14.8 Å². The summed E-state index contributed by atoms with van der Waals surface area (Å²) in [6.45, 7) is 3.56. The number of rotatable bonds is 7. The maximum atomic E-state index is 13.7. The van der Waals surface area contributed by atoms with E-state index in [-0.39, 0.29) is 17.7 Å². The predicted molar refractivity (Wildman–Crippen MR) is 135 cm³/mol. The van der Waals surface area contributed by atoms with Crippen molar-refractivity contribution >= 4 is 23.9 Å². The number of nitrogens with zero attached hydrogens (tertiary/aromatic N) is 5. The fourth-order valence-electron chi connectivity index (χ4n) is 5.18. The van der Waals surface area contributed by atoms with Crippen molar-refractivity contribution in [2.75, 3.05) is 51.8 Å². The molecule has 202 valence electrons. The third kappa shape index (κ3) is 7.20. The van der Waals surface area contributed by atoms with Gasteiger partial charge in [-0.1, -0.05) is 32.1 Å². The van der Waals surface area contributed by atoms with Crippen molar-refractivity contribution in [3.8, 4) is 6.07 Å². The zero-order valence-electron chi connectivity index (χ0n) is 21.4. The Hall–Kier alpha value is -3.17. The van der Waals surface area contributed by atoms with E-state index in [1.54, 1.807) is 0 Å². The average molecular weight is 516 g/mol. The summed E-state index contributed by atoms with van der Waals surface area (Å²) in [5.41, 5.74) is -0.907. The van der Waals surface area contributed by atoms with E-state index < -0.39 is 17.6 Å². The Morgan fingerprint density at radius 2 is 1.95 bits per heavy atom. The number of carboxylic acid groups (broad SMARTS) is 1. The van der Waals surface area contributed by atoms with Crippen LogP contribution in [0.2, 0.25) is 0 Å². The van der Waals surface area contributed by atoms with Crippen LogP contribution in [-0.4, -0.2) is 95.7 Å². The summed E-state index contributed by atoms with van der Waals surface area (Å²) in [6, 6.07) is 1.64. The lowest BCUT2D eigenvalue weighted by Crippen LogP contribution is -2.56. The minimum Gasteiger partial charge on any atom is -0.475 e. The number of likely N-dealkylation sites (tertiary alicyclic amines) is 1. The van der Waals surface area contributed by atoms with Crippen molar-refractivity contribution in [2.24, 2.45) is 10.9 Å². The monoisotopic (exact) mass is 515 g/mol. The van der Waals surface area contributed by atoms with E-state index >= 15 is 0 Å². The molecule has 3 N–H and O–H groups in total. The molecule has 37 heavy (non-hydrogen) atoms. The second-order valence-corrected chi connectivity index (χ2v) is 10.3. The first-order chi connectivity index (χ1) is 17.9. The molecule has 0 spiro atoms. The number of hydrogen-bond acceptors (Lipinski definition) is 8. The minimum absolute atomic E-state index is 0.0109. The summed E-state index contributed by atoms with van der Waals surface area (Å²) in [5, 5.41) is 25.3. The average Bonchev–Trinajstić information content (AvgIpc) is 3.39. The zero-order chi connectivity index (χ0) is 26.3. The predicted octanol–water partition coefficient (Wildman–Crippen LogP) is 1.92. The van der Waals surface area contributed by atoms with Crippen LogP contribution in [0.1, 0.15) is 61.9 Å². The number of amides is 1. The molecule has 1 amide bonds. The first kappa shape index (κ1) is 26.9. The Bertz CT molecular complexity index is 999. The molecule has 12 nitrogen and oxygen atoms in total. The van der Waals surface area contributed by atoms with Gasteiger partial charge >= 0.3 is 12.0 Å². The first-order valence-corrected chi connectivity index (χ1v) is 13.2. The van der Waals surface area contributed by atoms with E-state index in [9.17, 15) is 20.0 Å². The number of nitriles is 1. The van der Waals surface area contributed by atoms with Gasteiger partial charge in [0.25, 0.3) is 0 Å². The van der Waals surface area contributed by atoms with Gasteiger partial charge in [0, 0.05) is 26.2 Å². The number of ether oxygens (including phenoxy) is 1. The minimum atomic E-state index is -1.22. The van der Waals surface area contributed by atoms with E-state index in [4.69, 9.17) is 14.1 Å². The summed E-state index contributed by atoms with van der Waals surface area (Å²) in [6.07, 6.45) is 8.42. The highest BCUT2D eigenvalue weighted by Gasteiger charge is 2.38. The van der Waals surface area contributed by atoms with Crippen LogP contribution in [0.3, 0.4) is 0 Å². The van der Waals surface area contributed by atoms with Gasteiger partial charge in [0.15, 0.2) is 0 Å². The molecule has 2 saturated heterocycles. The number of hydrogen-bond donors (Lipinski definition) is 3. The highest BCUT2D eigenvalue weighted by atomic mass is 16.5. The van der Waals surface area contributed by atoms with Crippen LogP contribution in [0.25, 0.3) is 0 Å². The summed E-state index contributed by atoms with van der Waals surface area (Å²) in [5.74, 6) is -1.02. The number of aromatic nitrogens is 1. The van der Waals surface area contributed by atoms with E-state index in [0.29, 0.717) is 57.4 Å². The normalized spacial score (nSPS) is 22.2. The topological polar surface area (TPSA) is 156 Å². The second-order valence-electron chi connectivity index (χ2n) is 10.3. The van der Waals surface area contributed by atoms with Crippen LogP contribution in [0, 0.1) is 17.2 Å². The standard InChI is InChI=1S/C25H37N7O5/c1-31-9-7-25(17-26,8-10-31)30-21(33)19(15-18-5-3-2-4-6-18)28-23(32-11-13-36-14-12-32)29-24-27-16-20(37-24)22(34)35/h16,18-19H,2-15H2,1H3,(H,30,33)(H,34,35)(H,27,28,29). The van der Waals surface area contributed by atoms with Gasteiger partial charge < -0.3 is 29.4 Å². The zero-order valence-corrected chi connectivity index (χ0v) is 21.4. The van der Waals surface area contributed by atoms with Crippen LogP contribution in [0.4, 0.5) is 6.01 Å². The van der Waals surface area contributed by atoms with E-state index in [0.717, 1.165) is 45.0 Å². The molecule has 1 aromatic rings. The summed E-state index contributed by atoms with van der Waals surface area (Å²) >= 11 is 0. The van der Waals surface area contributed by atoms with Crippen molar-refractivity contribution in [1.82, 2.24) is 20.1 Å². The molecule has 1 atom stereocenters. The number of carboxylic acids is 1. The first-order valence-electron chi connectivity index (χ1n) is 13.2. The molecule has 0 bridgehead atoms. The second kappa shape index (κ2) is 12.4. The largest absolute Gasteiger partial charge is 0.475 e. The molecule has 12 heteroatoms. The number of oxazole rings is 1. The molecule has 1 aliphatic carbocycles. The van der Waals surface area contributed by atoms with Crippen LogP contribution in [0.15, 0.2) is 15.6 Å². The van der Waals surface area contributed by atoms with Crippen LogP contribution < -0.4 is 10.6 Å². The lowest BCUT2D eigenvalue weighted by Gasteiger charge is -2.37. The number of carbonyl (C=O) groups excluding carboxylic acids is 1. The Labute approximate surface area is 217 Å². The van der Waals surface area contributed by atoms with E-state index in [1.807, 2.05) is 11.9 Å². The molecule has 3 aliphatic rings. The third-order valence-corrected chi connectivity index (χ3v) is 7.53. The molecular formula is C25H37N7O5. The van der Waals surface area contributed by atoms with Gasteiger partial charge in [-0.3, -0.25) is 10.1 Å². The summed E-state index contributed by atoms with van der Waals surface area (Å²) < 4.78 is 10.8. The van der Waals surface area contributed by atoms with Gasteiger partial charge in [0.1, 0.15) is 11.6 Å². The lowest BCUT2D eigenvalue weighted by atomic mass is 9.84. The number of piperidine rings is 1. The fraction of sp³-hybridized carbons (Fsp3) is 0.720. The van der Waals surface area contributed by atoms with Crippen molar-refractivity contribution < 1.29 is 23.8 Å². The summed E-state index contributed by atoms with van der Waals surface area (Å²) in [4.78, 5) is 38.0. The van der Waals surface area contributed by atoms with Gasteiger partial charge in [-0.05, 0) is 32.2 Å². The molecule has 1 aromatic heterocycles. The molecule has 4 rings (SSSR count). The van der Waals surface area contributed by atoms with Crippen molar-refractivity contribution in [2.45, 2.75) is 62.9 Å². The number of nitrogens with one attached hydrogen (secondary N) is 2. The SMILES string of the molecule is CN1CCC(C#N)(NC(=O)C(CC2CCCCC2)N=C(Nc2ncc(C(=O)O)o2)N2CCOCC2)CC1. The molecule has 0 aromatic carbocycles. The fourth-order valence-corrected chi connectivity index (χ4v) is 5.18. The maximum absolute atomic E-state index is 13.7. The molecule has 2 aliphatic heterocycles. The van der Waals surface area contributed by atoms with Gasteiger partial charge in [-0.15, -0.1) is 0 Å². The van der Waals surface area contributed by atoms with E-state index in [2.05, 4.69) is 26.6 Å². The smallest absolute Gasteiger partial charge is 0.373 e. The molecule has 3 heterocycles. The van der Waals surface area contributed by atoms with Crippen LogP contribution >= 0.6 is 0 Å².